The molecule has 0 aromatic carbocycles. The molecule has 6 heteroatoms. The topological polar surface area (TPSA) is 64.6 Å². The smallest absolute Gasteiger partial charge is 0.255 e. The number of carbonyl (C=O) groups is 1. The third kappa shape index (κ3) is 2.73. The van der Waals surface area contributed by atoms with Gasteiger partial charge in [-0.2, -0.15) is 10.2 Å². The average molecular weight is 303 g/mol. The number of ether oxygens (including phenoxy) is 2. The van der Waals surface area contributed by atoms with Crippen molar-refractivity contribution < 1.29 is 14.3 Å². The van der Waals surface area contributed by atoms with E-state index >= 15 is 0 Å². The lowest BCUT2D eigenvalue weighted by molar-refractivity contribution is -0.106. The minimum atomic E-state index is 0.0197. The highest BCUT2D eigenvalue weighted by molar-refractivity contribution is 5.94. The van der Waals surface area contributed by atoms with E-state index < -0.39 is 0 Å². The molecule has 0 unspecified atom stereocenters. The zero-order valence-electron chi connectivity index (χ0n) is 12.6. The zero-order chi connectivity index (χ0) is 14.9. The Morgan fingerprint density at radius 2 is 2.23 bits per heavy atom. The molecule has 0 bridgehead atoms. The summed E-state index contributed by atoms with van der Waals surface area (Å²) in [6.45, 7) is 2.06. The molecule has 22 heavy (non-hydrogen) atoms. The van der Waals surface area contributed by atoms with Crippen molar-refractivity contribution >= 4 is 5.91 Å². The molecular formula is C16H21N3O3. The van der Waals surface area contributed by atoms with Gasteiger partial charge in [-0.1, -0.05) is 0 Å². The molecule has 4 rings (SSSR count). The molecule has 1 saturated heterocycles. The summed E-state index contributed by atoms with van der Waals surface area (Å²) in [4.78, 5) is 14.6. The van der Waals surface area contributed by atoms with Crippen LogP contribution in [-0.2, 0) is 9.47 Å². The second-order valence-corrected chi connectivity index (χ2v) is 6.42. The lowest BCUT2D eigenvalue weighted by Gasteiger charge is -2.39. The fourth-order valence-electron chi connectivity index (χ4n) is 3.47. The van der Waals surface area contributed by atoms with Gasteiger partial charge in [-0.25, -0.2) is 0 Å². The van der Waals surface area contributed by atoms with E-state index in [1.165, 1.54) is 19.0 Å². The van der Waals surface area contributed by atoms with Crippen LogP contribution in [0.15, 0.2) is 18.5 Å². The van der Waals surface area contributed by atoms with E-state index in [4.69, 9.17) is 9.47 Å². The molecule has 6 nitrogen and oxygen atoms in total. The van der Waals surface area contributed by atoms with Crippen LogP contribution in [0.5, 0.6) is 0 Å². The number of aromatic nitrogens is 2. The van der Waals surface area contributed by atoms with Crippen LogP contribution in [0.4, 0.5) is 0 Å². The third-order valence-electron chi connectivity index (χ3n) is 4.87. The highest BCUT2D eigenvalue weighted by Gasteiger charge is 2.45. The summed E-state index contributed by atoms with van der Waals surface area (Å²) in [5, 5.41) is 7.54. The van der Waals surface area contributed by atoms with E-state index in [0.717, 1.165) is 25.4 Å². The van der Waals surface area contributed by atoms with Gasteiger partial charge in [-0.3, -0.25) is 4.79 Å². The minimum Gasteiger partial charge on any atom is -0.375 e. The summed E-state index contributed by atoms with van der Waals surface area (Å²) >= 11 is 0. The number of nitrogens with zero attached hydrogens (tertiary/aromatic N) is 3. The van der Waals surface area contributed by atoms with Crippen molar-refractivity contribution in [3.63, 3.8) is 0 Å². The standard InChI is InChI=1S/C16H21N3O3/c20-16(12-5-6-17-18-9-12)19-7-8-21-15-13(19)3-4-14(15)22-10-11-1-2-11/h5-6,9,11,13-15H,1-4,7-8,10H2/t13-,14-,15+/m0/s1. The third-order valence-corrected chi connectivity index (χ3v) is 4.87. The first-order chi connectivity index (χ1) is 10.8. The molecule has 1 aromatic heterocycles. The van der Waals surface area contributed by atoms with Gasteiger partial charge in [0.15, 0.2) is 0 Å². The molecule has 3 fully saturated rings. The van der Waals surface area contributed by atoms with Crippen molar-refractivity contribution in [2.75, 3.05) is 19.8 Å². The van der Waals surface area contributed by atoms with Gasteiger partial charge in [-0.15, -0.1) is 0 Å². The summed E-state index contributed by atoms with van der Waals surface area (Å²) in [6, 6.07) is 1.84. The molecule has 3 atom stereocenters. The van der Waals surface area contributed by atoms with Gasteiger partial charge < -0.3 is 14.4 Å². The summed E-state index contributed by atoms with van der Waals surface area (Å²) < 4.78 is 12.0. The number of morpholine rings is 1. The fourth-order valence-corrected chi connectivity index (χ4v) is 3.47. The summed E-state index contributed by atoms with van der Waals surface area (Å²) in [6.07, 6.45) is 7.75. The van der Waals surface area contributed by atoms with E-state index in [2.05, 4.69) is 10.2 Å². The minimum absolute atomic E-state index is 0.0197. The maximum absolute atomic E-state index is 12.7. The summed E-state index contributed by atoms with van der Waals surface area (Å²) in [7, 11) is 0. The first kappa shape index (κ1) is 14.1. The lowest BCUT2D eigenvalue weighted by Crippen LogP contribution is -2.54. The fraction of sp³-hybridized carbons (Fsp3) is 0.688. The monoisotopic (exact) mass is 303 g/mol. The van der Waals surface area contributed by atoms with E-state index in [9.17, 15) is 4.79 Å². The van der Waals surface area contributed by atoms with Crippen LogP contribution < -0.4 is 0 Å². The van der Waals surface area contributed by atoms with Crippen molar-refractivity contribution in [1.82, 2.24) is 15.1 Å². The number of hydrogen-bond acceptors (Lipinski definition) is 5. The number of amides is 1. The van der Waals surface area contributed by atoms with Crippen LogP contribution in [0.1, 0.15) is 36.0 Å². The van der Waals surface area contributed by atoms with Crippen molar-refractivity contribution in [1.29, 1.82) is 0 Å². The molecule has 3 aliphatic rings. The van der Waals surface area contributed by atoms with Gasteiger partial charge in [0.05, 0.1) is 36.7 Å². The predicted molar refractivity (Wildman–Crippen MR) is 78.3 cm³/mol. The maximum atomic E-state index is 12.7. The summed E-state index contributed by atoms with van der Waals surface area (Å²) in [5.74, 6) is 0.777. The molecule has 2 heterocycles. The van der Waals surface area contributed by atoms with Gasteiger partial charge in [0.25, 0.3) is 5.91 Å². The van der Waals surface area contributed by atoms with Gasteiger partial charge in [0, 0.05) is 13.2 Å². The average Bonchev–Trinajstić information content (AvgIpc) is 3.31. The van der Waals surface area contributed by atoms with E-state index in [1.807, 2.05) is 4.90 Å². The number of fused-ring (bicyclic) bond motifs is 1. The van der Waals surface area contributed by atoms with Crippen LogP contribution in [0, 0.1) is 5.92 Å². The Bertz CT molecular complexity index is 535. The highest BCUT2D eigenvalue weighted by atomic mass is 16.5. The largest absolute Gasteiger partial charge is 0.375 e. The normalized spacial score (nSPS) is 31.1. The van der Waals surface area contributed by atoms with Crippen LogP contribution in [0.25, 0.3) is 0 Å². The Morgan fingerprint density at radius 1 is 1.32 bits per heavy atom. The molecule has 2 saturated carbocycles. The second-order valence-electron chi connectivity index (χ2n) is 6.42. The number of carbonyl (C=O) groups excluding carboxylic acids is 1. The van der Waals surface area contributed by atoms with Crippen molar-refractivity contribution in [2.45, 2.75) is 43.9 Å². The van der Waals surface area contributed by atoms with Crippen LogP contribution in [0.2, 0.25) is 0 Å². The van der Waals surface area contributed by atoms with E-state index in [0.29, 0.717) is 18.7 Å². The maximum Gasteiger partial charge on any atom is 0.255 e. The van der Waals surface area contributed by atoms with E-state index in [1.54, 1.807) is 12.3 Å². The van der Waals surface area contributed by atoms with Gasteiger partial charge in [-0.05, 0) is 37.7 Å². The van der Waals surface area contributed by atoms with E-state index in [-0.39, 0.29) is 24.2 Å². The van der Waals surface area contributed by atoms with Crippen LogP contribution in [0.3, 0.4) is 0 Å². The first-order valence-corrected chi connectivity index (χ1v) is 8.14. The first-order valence-electron chi connectivity index (χ1n) is 8.14. The molecule has 1 aliphatic heterocycles. The van der Waals surface area contributed by atoms with Crippen molar-refractivity contribution in [2.24, 2.45) is 5.92 Å². The zero-order valence-corrected chi connectivity index (χ0v) is 12.6. The quantitative estimate of drug-likeness (QED) is 0.838. The van der Waals surface area contributed by atoms with Crippen LogP contribution in [-0.4, -0.2) is 59.0 Å². The predicted octanol–water partition coefficient (Wildman–Crippen LogP) is 1.28. The lowest BCUT2D eigenvalue weighted by atomic mass is 10.1. The summed E-state index contributed by atoms with van der Waals surface area (Å²) in [5.41, 5.74) is 0.595. The molecule has 2 aliphatic carbocycles. The van der Waals surface area contributed by atoms with Crippen molar-refractivity contribution in [3.05, 3.63) is 24.0 Å². The molecule has 118 valence electrons. The number of rotatable bonds is 4. The highest BCUT2D eigenvalue weighted by Crippen LogP contribution is 2.35. The molecule has 0 radical (unpaired) electrons. The van der Waals surface area contributed by atoms with Crippen LogP contribution >= 0.6 is 0 Å². The number of hydrogen-bond donors (Lipinski definition) is 0. The van der Waals surface area contributed by atoms with Gasteiger partial charge >= 0.3 is 0 Å². The Balaban J connectivity index is 1.44. The molecule has 0 spiro atoms. The molecule has 0 N–H and O–H groups in total. The molecule has 1 amide bonds. The second kappa shape index (κ2) is 5.93. The van der Waals surface area contributed by atoms with Gasteiger partial charge in [0.2, 0.25) is 0 Å². The molecular weight excluding hydrogens is 282 g/mol. The SMILES string of the molecule is O=C(c1ccnnc1)N1CCO[C@H]2[C@@H](OCC3CC3)CC[C@@H]21. The molecule has 1 aromatic rings. The Morgan fingerprint density at radius 3 is 3.00 bits per heavy atom. The Hall–Kier alpha value is -1.53. The van der Waals surface area contributed by atoms with Gasteiger partial charge in [0.1, 0.15) is 6.10 Å². The van der Waals surface area contributed by atoms with Crippen molar-refractivity contribution in [3.8, 4) is 0 Å². The Labute approximate surface area is 129 Å². The Kier molecular flexibility index (Phi) is 3.80.